The molecule has 0 aromatic rings. The number of rotatable bonds is 5. The molecule has 1 fully saturated rings. The second-order valence-electron chi connectivity index (χ2n) is 4.60. The summed E-state index contributed by atoms with van der Waals surface area (Å²) in [6.45, 7) is 2.34. The third-order valence-corrected chi connectivity index (χ3v) is 3.76. The Morgan fingerprint density at radius 2 is 2.06 bits per heavy atom. The van der Waals surface area contributed by atoms with Crippen LogP contribution in [-0.4, -0.2) is 41.0 Å². The summed E-state index contributed by atoms with van der Waals surface area (Å²) in [4.78, 5) is 13.9. The lowest BCUT2D eigenvalue weighted by Crippen LogP contribution is -2.45. The summed E-state index contributed by atoms with van der Waals surface area (Å²) in [6.07, 6.45) is 5.79. The first-order valence-corrected chi connectivity index (χ1v) is 6.71. The van der Waals surface area contributed by atoms with Crippen molar-refractivity contribution in [3.05, 3.63) is 0 Å². The smallest absolute Gasteiger partial charge is 0.226 e. The lowest BCUT2D eigenvalue weighted by atomic mass is 9.93. The summed E-state index contributed by atoms with van der Waals surface area (Å²) in [5.41, 5.74) is 0. The number of carbonyl (C=O) groups is 1. The van der Waals surface area contributed by atoms with Crippen molar-refractivity contribution in [1.82, 2.24) is 4.90 Å². The zero-order chi connectivity index (χ0) is 12.0. The number of aliphatic hydroxyl groups is 1. The van der Waals surface area contributed by atoms with Gasteiger partial charge in [-0.15, -0.1) is 11.6 Å². The Morgan fingerprint density at radius 1 is 1.44 bits per heavy atom. The number of nitrogens with zero attached hydrogens (tertiary/aromatic N) is 1. The van der Waals surface area contributed by atoms with Crippen molar-refractivity contribution in [3.8, 4) is 0 Å². The van der Waals surface area contributed by atoms with Gasteiger partial charge in [-0.3, -0.25) is 4.79 Å². The minimum absolute atomic E-state index is 0.0389. The molecule has 0 spiro atoms. The largest absolute Gasteiger partial charge is 0.395 e. The Kier molecular flexibility index (Phi) is 6.14. The summed E-state index contributed by atoms with van der Waals surface area (Å²) in [6, 6.07) is 0.319. The number of alkyl halides is 1. The molecule has 0 bridgehead atoms. The second kappa shape index (κ2) is 7.13. The minimum atomic E-state index is -0.143. The molecule has 0 heterocycles. The number of carbonyl (C=O) groups excluding carboxylic acids is 1. The third kappa shape index (κ3) is 3.63. The fourth-order valence-corrected chi connectivity index (χ4v) is 2.45. The molecule has 0 radical (unpaired) electrons. The van der Waals surface area contributed by atoms with Gasteiger partial charge in [-0.05, 0) is 12.8 Å². The van der Waals surface area contributed by atoms with Gasteiger partial charge in [-0.25, -0.2) is 0 Å². The molecule has 94 valence electrons. The Balaban J connectivity index is 2.60. The molecule has 1 atom stereocenters. The van der Waals surface area contributed by atoms with Gasteiger partial charge in [0.05, 0.1) is 6.61 Å². The first-order valence-electron chi connectivity index (χ1n) is 6.18. The summed E-state index contributed by atoms with van der Waals surface area (Å²) >= 11 is 5.72. The molecule has 0 aromatic carbocycles. The fourth-order valence-electron chi connectivity index (χ4n) is 2.32. The van der Waals surface area contributed by atoms with Crippen LogP contribution in [0.15, 0.2) is 0 Å². The number of halogens is 1. The molecular weight excluding hydrogens is 226 g/mol. The van der Waals surface area contributed by atoms with Crippen molar-refractivity contribution in [2.45, 2.75) is 45.1 Å². The Morgan fingerprint density at radius 3 is 2.56 bits per heavy atom. The zero-order valence-electron chi connectivity index (χ0n) is 9.99. The normalized spacial score (nSPS) is 19.4. The van der Waals surface area contributed by atoms with Crippen LogP contribution in [0.4, 0.5) is 0 Å². The molecule has 1 N–H and O–H groups in total. The first-order chi connectivity index (χ1) is 7.70. The first kappa shape index (κ1) is 13.8. The quantitative estimate of drug-likeness (QED) is 0.755. The van der Waals surface area contributed by atoms with Gasteiger partial charge in [0.1, 0.15) is 0 Å². The van der Waals surface area contributed by atoms with Crippen molar-refractivity contribution < 1.29 is 9.90 Å². The monoisotopic (exact) mass is 247 g/mol. The van der Waals surface area contributed by atoms with Gasteiger partial charge in [-0.1, -0.05) is 26.2 Å². The van der Waals surface area contributed by atoms with Gasteiger partial charge < -0.3 is 10.0 Å². The highest BCUT2D eigenvalue weighted by atomic mass is 35.5. The molecule has 1 rings (SSSR count). The van der Waals surface area contributed by atoms with Crippen LogP contribution in [0.25, 0.3) is 0 Å². The van der Waals surface area contributed by atoms with E-state index in [1.807, 2.05) is 11.8 Å². The SMILES string of the molecule is CC(CCl)C(=O)N(CCO)C1CCCCC1. The van der Waals surface area contributed by atoms with Crippen LogP contribution in [0, 0.1) is 5.92 Å². The van der Waals surface area contributed by atoms with E-state index >= 15 is 0 Å². The van der Waals surface area contributed by atoms with E-state index < -0.39 is 0 Å². The molecule has 1 aliphatic carbocycles. The van der Waals surface area contributed by atoms with E-state index in [0.717, 1.165) is 12.8 Å². The Hall–Kier alpha value is -0.280. The van der Waals surface area contributed by atoms with Crippen LogP contribution in [0.2, 0.25) is 0 Å². The van der Waals surface area contributed by atoms with Crippen LogP contribution in [0.3, 0.4) is 0 Å². The van der Waals surface area contributed by atoms with Gasteiger partial charge >= 0.3 is 0 Å². The topological polar surface area (TPSA) is 40.5 Å². The average molecular weight is 248 g/mol. The maximum absolute atomic E-state index is 12.1. The van der Waals surface area contributed by atoms with Crippen LogP contribution in [0.5, 0.6) is 0 Å². The van der Waals surface area contributed by atoms with Gasteiger partial charge in [-0.2, -0.15) is 0 Å². The number of amides is 1. The van der Waals surface area contributed by atoms with E-state index in [0.29, 0.717) is 18.5 Å². The lowest BCUT2D eigenvalue weighted by Gasteiger charge is -2.35. The van der Waals surface area contributed by atoms with Gasteiger partial charge in [0, 0.05) is 24.4 Å². The highest BCUT2D eigenvalue weighted by molar-refractivity contribution is 6.19. The van der Waals surface area contributed by atoms with E-state index in [1.165, 1.54) is 19.3 Å². The molecule has 3 nitrogen and oxygen atoms in total. The highest BCUT2D eigenvalue weighted by Gasteiger charge is 2.27. The fraction of sp³-hybridized carbons (Fsp3) is 0.917. The van der Waals surface area contributed by atoms with Crippen molar-refractivity contribution >= 4 is 17.5 Å². The molecule has 16 heavy (non-hydrogen) atoms. The Labute approximate surface area is 103 Å². The van der Waals surface area contributed by atoms with Gasteiger partial charge in [0.25, 0.3) is 0 Å². The molecule has 1 amide bonds. The predicted octanol–water partition coefficient (Wildman–Crippen LogP) is 2.01. The zero-order valence-corrected chi connectivity index (χ0v) is 10.7. The van der Waals surface area contributed by atoms with Crippen LogP contribution in [-0.2, 0) is 4.79 Å². The van der Waals surface area contributed by atoms with Crippen LogP contribution >= 0.6 is 11.6 Å². The molecular formula is C12H22ClNO2. The van der Waals surface area contributed by atoms with Crippen LogP contribution in [0.1, 0.15) is 39.0 Å². The van der Waals surface area contributed by atoms with E-state index in [9.17, 15) is 4.79 Å². The van der Waals surface area contributed by atoms with Gasteiger partial charge in [0.15, 0.2) is 0 Å². The molecule has 1 saturated carbocycles. The van der Waals surface area contributed by atoms with Crippen molar-refractivity contribution in [2.24, 2.45) is 5.92 Å². The maximum Gasteiger partial charge on any atom is 0.226 e. The molecule has 0 saturated heterocycles. The highest BCUT2D eigenvalue weighted by Crippen LogP contribution is 2.23. The van der Waals surface area contributed by atoms with E-state index in [4.69, 9.17) is 16.7 Å². The molecule has 1 unspecified atom stereocenters. The summed E-state index contributed by atoms with van der Waals surface area (Å²) < 4.78 is 0. The van der Waals surface area contributed by atoms with Crippen LogP contribution < -0.4 is 0 Å². The van der Waals surface area contributed by atoms with Gasteiger partial charge in [0.2, 0.25) is 5.91 Å². The molecule has 0 aliphatic heterocycles. The van der Waals surface area contributed by atoms with Crippen molar-refractivity contribution in [1.29, 1.82) is 0 Å². The minimum Gasteiger partial charge on any atom is -0.395 e. The lowest BCUT2D eigenvalue weighted by molar-refractivity contribution is -0.138. The summed E-state index contributed by atoms with van der Waals surface area (Å²) in [5.74, 6) is 0.305. The van der Waals surface area contributed by atoms with E-state index in [2.05, 4.69) is 0 Å². The average Bonchev–Trinajstić information content (AvgIpc) is 2.35. The van der Waals surface area contributed by atoms with Crippen molar-refractivity contribution in [2.75, 3.05) is 19.0 Å². The number of aliphatic hydroxyl groups excluding tert-OH is 1. The predicted molar refractivity (Wildman–Crippen MR) is 65.6 cm³/mol. The van der Waals surface area contributed by atoms with Crippen molar-refractivity contribution in [3.63, 3.8) is 0 Å². The van der Waals surface area contributed by atoms with E-state index in [-0.39, 0.29) is 18.4 Å². The molecule has 1 aliphatic rings. The molecule has 4 heteroatoms. The Bertz CT molecular complexity index is 217. The number of hydrogen-bond acceptors (Lipinski definition) is 2. The summed E-state index contributed by atoms with van der Waals surface area (Å²) in [5, 5.41) is 9.04. The third-order valence-electron chi connectivity index (χ3n) is 3.29. The standard InChI is InChI=1S/C12H22ClNO2/c1-10(9-13)12(16)14(7-8-15)11-5-3-2-4-6-11/h10-11,15H,2-9H2,1H3. The number of hydrogen-bond donors (Lipinski definition) is 1. The summed E-state index contributed by atoms with van der Waals surface area (Å²) in [7, 11) is 0. The van der Waals surface area contributed by atoms with E-state index in [1.54, 1.807) is 0 Å². The second-order valence-corrected chi connectivity index (χ2v) is 4.91. The maximum atomic E-state index is 12.1. The molecule has 0 aromatic heterocycles.